The van der Waals surface area contributed by atoms with Crippen LogP contribution >= 0.6 is 0 Å². The quantitative estimate of drug-likeness (QED) is 0.610. The standard InChI is InChI=1S/C12H13NO3/c1-8-3-5-9(6-4-8)10(7-11(13)14)12(15)16-2/h3-7H,1-2H3,(H2,13,14)/b10-7-. The van der Waals surface area contributed by atoms with Crippen LogP contribution in [0.3, 0.4) is 0 Å². The van der Waals surface area contributed by atoms with Crippen molar-refractivity contribution in [2.24, 2.45) is 5.73 Å². The lowest BCUT2D eigenvalue weighted by molar-refractivity contribution is -0.133. The number of primary amides is 1. The van der Waals surface area contributed by atoms with Crippen molar-refractivity contribution in [2.75, 3.05) is 7.11 Å². The number of amides is 1. The highest BCUT2D eigenvalue weighted by atomic mass is 16.5. The summed E-state index contributed by atoms with van der Waals surface area (Å²) in [5.41, 5.74) is 6.86. The van der Waals surface area contributed by atoms with E-state index in [0.29, 0.717) is 5.56 Å². The van der Waals surface area contributed by atoms with E-state index in [1.807, 2.05) is 19.1 Å². The Balaban J connectivity index is 3.16. The third-order valence-corrected chi connectivity index (χ3v) is 2.05. The fourth-order valence-electron chi connectivity index (χ4n) is 1.25. The second kappa shape index (κ2) is 5.11. The number of rotatable bonds is 3. The molecule has 0 aromatic heterocycles. The molecule has 0 radical (unpaired) electrons. The van der Waals surface area contributed by atoms with Crippen LogP contribution < -0.4 is 5.73 Å². The first kappa shape index (κ1) is 12.0. The van der Waals surface area contributed by atoms with Gasteiger partial charge in [-0.1, -0.05) is 29.8 Å². The Bertz CT molecular complexity index is 432. The lowest BCUT2D eigenvalue weighted by Crippen LogP contribution is -2.11. The van der Waals surface area contributed by atoms with Crippen LogP contribution in [0.5, 0.6) is 0 Å². The molecule has 4 heteroatoms. The molecule has 0 aliphatic rings. The number of aryl methyl sites for hydroxylation is 1. The zero-order valence-electron chi connectivity index (χ0n) is 9.19. The fraction of sp³-hybridized carbons (Fsp3) is 0.167. The molecule has 0 saturated carbocycles. The maximum atomic E-state index is 11.4. The van der Waals surface area contributed by atoms with E-state index in [1.54, 1.807) is 12.1 Å². The Morgan fingerprint density at radius 1 is 1.25 bits per heavy atom. The van der Waals surface area contributed by atoms with Gasteiger partial charge in [-0.05, 0) is 12.5 Å². The largest absolute Gasteiger partial charge is 0.465 e. The van der Waals surface area contributed by atoms with Crippen LogP contribution in [0, 0.1) is 6.92 Å². The van der Waals surface area contributed by atoms with Crippen molar-refractivity contribution in [3.63, 3.8) is 0 Å². The van der Waals surface area contributed by atoms with Crippen LogP contribution in [-0.2, 0) is 14.3 Å². The van der Waals surface area contributed by atoms with E-state index >= 15 is 0 Å². The molecule has 0 aliphatic heterocycles. The van der Waals surface area contributed by atoms with Gasteiger partial charge < -0.3 is 10.5 Å². The van der Waals surface area contributed by atoms with Gasteiger partial charge in [0.2, 0.25) is 5.91 Å². The first-order valence-electron chi connectivity index (χ1n) is 4.71. The van der Waals surface area contributed by atoms with Crippen molar-refractivity contribution in [1.29, 1.82) is 0 Å². The summed E-state index contributed by atoms with van der Waals surface area (Å²) >= 11 is 0. The molecule has 16 heavy (non-hydrogen) atoms. The molecule has 0 fully saturated rings. The van der Waals surface area contributed by atoms with E-state index in [0.717, 1.165) is 11.6 Å². The van der Waals surface area contributed by atoms with Crippen molar-refractivity contribution < 1.29 is 14.3 Å². The summed E-state index contributed by atoms with van der Waals surface area (Å²) < 4.78 is 4.58. The number of hydrogen-bond donors (Lipinski definition) is 1. The van der Waals surface area contributed by atoms with E-state index < -0.39 is 11.9 Å². The van der Waals surface area contributed by atoms with Gasteiger partial charge in [-0.15, -0.1) is 0 Å². The molecule has 4 nitrogen and oxygen atoms in total. The molecular formula is C12H13NO3. The predicted molar refractivity (Wildman–Crippen MR) is 60.4 cm³/mol. The minimum Gasteiger partial charge on any atom is -0.465 e. The van der Waals surface area contributed by atoms with Crippen molar-refractivity contribution in [3.05, 3.63) is 41.5 Å². The molecular weight excluding hydrogens is 206 g/mol. The molecule has 1 amide bonds. The van der Waals surface area contributed by atoms with Crippen LogP contribution in [-0.4, -0.2) is 19.0 Å². The monoisotopic (exact) mass is 219 g/mol. The maximum Gasteiger partial charge on any atom is 0.338 e. The molecule has 1 rings (SSSR count). The predicted octanol–water partition coefficient (Wildman–Crippen LogP) is 1.04. The Kier molecular flexibility index (Phi) is 3.83. The van der Waals surface area contributed by atoms with Gasteiger partial charge >= 0.3 is 5.97 Å². The highest BCUT2D eigenvalue weighted by molar-refractivity contribution is 6.20. The molecule has 84 valence electrons. The maximum absolute atomic E-state index is 11.4. The smallest absolute Gasteiger partial charge is 0.338 e. The number of benzene rings is 1. The summed E-state index contributed by atoms with van der Waals surface area (Å²) in [7, 11) is 1.26. The van der Waals surface area contributed by atoms with Gasteiger partial charge in [0.15, 0.2) is 0 Å². The summed E-state index contributed by atoms with van der Waals surface area (Å²) in [4.78, 5) is 22.2. The van der Waals surface area contributed by atoms with Crippen molar-refractivity contribution in [3.8, 4) is 0 Å². The number of ether oxygens (including phenoxy) is 1. The average molecular weight is 219 g/mol. The summed E-state index contributed by atoms with van der Waals surface area (Å²) in [5, 5.41) is 0. The summed E-state index contributed by atoms with van der Waals surface area (Å²) in [5.74, 6) is -1.26. The van der Waals surface area contributed by atoms with Gasteiger partial charge in [-0.25, -0.2) is 4.79 Å². The van der Waals surface area contributed by atoms with Gasteiger partial charge in [0, 0.05) is 6.08 Å². The van der Waals surface area contributed by atoms with Crippen molar-refractivity contribution in [2.45, 2.75) is 6.92 Å². The summed E-state index contributed by atoms with van der Waals surface area (Å²) in [6.45, 7) is 1.93. The zero-order valence-corrected chi connectivity index (χ0v) is 9.19. The van der Waals surface area contributed by atoms with Crippen molar-refractivity contribution in [1.82, 2.24) is 0 Å². The molecule has 0 unspecified atom stereocenters. The molecule has 0 aliphatic carbocycles. The number of esters is 1. The highest BCUT2D eigenvalue weighted by Gasteiger charge is 2.13. The summed E-state index contributed by atoms with van der Waals surface area (Å²) in [6, 6.07) is 7.16. The second-order valence-corrected chi connectivity index (χ2v) is 3.32. The highest BCUT2D eigenvalue weighted by Crippen LogP contribution is 2.16. The van der Waals surface area contributed by atoms with Crippen LogP contribution in [0.25, 0.3) is 5.57 Å². The van der Waals surface area contributed by atoms with E-state index in [2.05, 4.69) is 4.74 Å². The topological polar surface area (TPSA) is 69.4 Å². The van der Waals surface area contributed by atoms with Gasteiger partial charge in [0.05, 0.1) is 12.7 Å². The van der Waals surface area contributed by atoms with Gasteiger partial charge in [0.25, 0.3) is 0 Å². The molecule has 0 saturated heterocycles. The van der Waals surface area contributed by atoms with Crippen LogP contribution in [0.4, 0.5) is 0 Å². The first-order valence-corrected chi connectivity index (χ1v) is 4.71. The molecule has 2 N–H and O–H groups in total. The van der Waals surface area contributed by atoms with Crippen LogP contribution in [0.1, 0.15) is 11.1 Å². The van der Waals surface area contributed by atoms with Gasteiger partial charge in [-0.3, -0.25) is 4.79 Å². The van der Waals surface area contributed by atoms with E-state index in [1.165, 1.54) is 7.11 Å². The van der Waals surface area contributed by atoms with Gasteiger partial charge in [0.1, 0.15) is 0 Å². The lowest BCUT2D eigenvalue weighted by atomic mass is 10.0. The first-order chi connectivity index (χ1) is 7.54. The minimum atomic E-state index is -0.680. The SMILES string of the molecule is COC(=O)/C(=C\C(N)=O)c1ccc(C)cc1. The number of nitrogens with two attached hydrogens (primary N) is 1. The Hall–Kier alpha value is -2.10. The Morgan fingerprint density at radius 3 is 2.25 bits per heavy atom. The van der Waals surface area contributed by atoms with Crippen LogP contribution in [0.15, 0.2) is 30.3 Å². The molecule has 0 atom stereocenters. The lowest BCUT2D eigenvalue weighted by Gasteiger charge is -2.05. The minimum absolute atomic E-state index is 0.162. The fourth-order valence-corrected chi connectivity index (χ4v) is 1.25. The molecule has 1 aromatic carbocycles. The number of hydrogen-bond acceptors (Lipinski definition) is 3. The molecule has 0 spiro atoms. The van der Waals surface area contributed by atoms with E-state index in [-0.39, 0.29) is 5.57 Å². The van der Waals surface area contributed by atoms with E-state index in [4.69, 9.17) is 5.73 Å². The third-order valence-electron chi connectivity index (χ3n) is 2.05. The molecule has 1 aromatic rings. The van der Waals surface area contributed by atoms with E-state index in [9.17, 15) is 9.59 Å². The van der Waals surface area contributed by atoms with Crippen molar-refractivity contribution >= 4 is 17.4 Å². The Morgan fingerprint density at radius 2 is 1.81 bits per heavy atom. The van der Waals surface area contributed by atoms with Crippen LogP contribution in [0.2, 0.25) is 0 Å². The second-order valence-electron chi connectivity index (χ2n) is 3.32. The van der Waals surface area contributed by atoms with Gasteiger partial charge in [-0.2, -0.15) is 0 Å². The number of carbonyl (C=O) groups is 2. The number of carbonyl (C=O) groups excluding carboxylic acids is 2. The normalized spacial score (nSPS) is 11.0. The molecule has 0 heterocycles. The summed E-state index contributed by atoms with van der Waals surface area (Å²) in [6.07, 6.45) is 1.07. The zero-order chi connectivity index (χ0) is 12.1. The third kappa shape index (κ3) is 2.95. The Labute approximate surface area is 93.7 Å². The molecule has 0 bridgehead atoms. The number of methoxy groups -OCH3 is 1. The average Bonchev–Trinajstić information content (AvgIpc) is 2.26.